The summed E-state index contributed by atoms with van der Waals surface area (Å²) in [5.41, 5.74) is 7.09. The van der Waals surface area contributed by atoms with Crippen molar-refractivity contribution in [2.75, 3.05) is 11.1 Å². The third-order valence-corrected chi connectivity index (χ3v) is 6.77. The van der Waals surface area contributed by atoms with E-state index < -0.39 is 5.91 Å². The first-order valence-electron chi connectivity index (χ1n) is 8.65. The molecule has 1 aliphatic rings. The SMILES string of the molecule is CCc1nnc(SCC(=O)Nc2sc3c(c2C(N)=O)CC[C@@H](C)C3)n1C. The molecule has 26 heavy (non-hydrogen) atoms. The normalized spacial score (nSPS) is 16.3. The fourth-order valence-electron chi connectivity index (χ4n) is 3.17. The predicted octanol–water partition coefficient (Wildman–Crippen LogP) is 2.39. The van der Waals surface area contributed by atoms with E-state index in [0.29, 0.717) is 21.6 Å². The number of rotatable bonds is 6. The molecule has 0 fully saturated rings. The number of thioether (sulfide) groups is 1. The van der Waals surface area contributed by atoms with Gasteiger partial charge in [0.25, 0.3) is 5.91 Å². The molecule has 2 aromatic heterocycles. The highest BCUT2D eigenvalue weighted by atomic mass is 32.2. The van der Waals surface area contributed by atoms with Gasteiger partial charge in [-0.3, -0.25) is 9.59 Å². The summed E-state index contributed by atoms with van der Waals surface area (Å²) in [6.07, 6.45) is 3.61. The average Bonchev–Trinajstić information content (AvgIpc) is 3.12. The van der Waals surface area contributed by atoms with Crippen LogP contribution in [0.15, 0.2) is 5.16 Å². The lowest BCUT2D eigenvalue weighted by molar-refractivity contribution is -0.113. The maximum atomic E-state index is 12.4. The molecule has 0 radical (unpaired) electrons. The van der Waals surface area contributed by atoms with Crippen LogP contribution < -0.4 is 11.1 Å². The number of nitrogens with one attached hydrogen (secondary N) is 1. The van der Waals surface area contributed by atoms with Crippen molar-refractivity contribution in [2.45, 2.75) is 44.7 Å². The van der Waals surface area contributed by atoms with Crippen molar-refractivity contribution in [3.8, 4) is 0 Å². The van der Waals surface area contributed by atoms with E-state index >= 15 is 0 Å². The third kappa shape index (κ3) is 3.78. The average molecular weight is 394 g/mol. The number of primary amides is 1. The Labute approximate surface area is 160 Å². The second-order valence-corrected chi connectivity index (χ2v) is 8.62. The van der Waals surface area contributed by atoms with E-state index in [1.807, 2.05) is 18.5 Å². The van der Waals surface area contributed by atoms with Gasteiger partial charge in [0.2, 0.25) is 5.91 Å². The Morgan fingerprint density at radius 3 is 2.85 bits per heavy atom. The summed E-state index contributed by atoms with van der Waals surface area (Å²) in [6, 6.07) is 0. The van der Waals surface area contributed by atoms with Crippen LogP contribution in [0.5, 0.6) is 0 Å². The van der Waals surface area contributed by atoms with Gasteiger partial charge in [0, 0.05) is 18.3 Å². The molecule has 1 aliphatic carbocycles. The van der Waals surface area contributed by atoms with Crippen LogP contribution in [-0.4, -0.2) is 32.3 Å². The molecule has 9 heteroatoms. The molecule has 0 unspecified atom stereocenters. The molecule has 2 amide bonds. The zero-order chi connectivity index (χ0) is 18.8. The summed E-state index contributed by atoms with van der Waals surface area (Å²) in [7, 11) is 1.89. The number of nitrogens with two attached hydrogens (primary N) is 1. The van der Waals surface area contributed by atoms with E-state index in [9.17, 15) is 9.59 Å². The highest BCUT2D eigenvalue weighted by molar-refractivity contribution is 7.99. The predicted molar refractivity (Wildman–Crippen MR) is 104 cm³/mol. The van der Waals surface area contributed by atoms with Gasteiger partial charge in [-0.05, 0) is 30.7 Å². The molecule has 3 N–H and O–H groups in total. The van der Waals surface area contributed by atoms with Crippen molar-refractivity contribution in [3.05, 3.63) is 21.8 Å². The number of nitrogens with zero attached hydrogens (tertiary/aromatic N) is 3. The lowest BCUT2D eigenvalue weighted by Crippen LogP contribution is -2.20. The fraction of sp³-hybridized carbons (Fsp3) is 0.529. The van der Waals surface area contributed by atoms with E-state index in [4.69, 9.17) is 5.73 Å². The second-order valence-electron chi connectivity index (χ2n) is 6.57. The number of anilines is 1. The summed E-state index contributed by atoms with van der Waals surface area (Å²) in [6.45, 7) is 4.21. The van der Waals surface area contributed by atoms with Crippen LogP contribution in [0.1, 0.15) is 46.9 Å². The fourth-order valence-corrected chi connectivity index (χ4v) is 5.33. The van der Waals surface area contributed by atoms with Gasteiger partial charge < -0.3 is 15.6 Å². The molecule has 140 valence electrons. The Kier molecular flexibility index (Phi) is 5.67. The molecule has 0 spiro atoms. The van der Waals surface area contributed by atoms with Crippen molar-refractivity contribution >= 4 is 39.9 Å². The van der Waals surface area contributed by atoms with E-state index in [1.165, 1.54) is 28.0 Å². The van der Waals surface area contributed by atoms with Crippen LogP contribution >= 0.6 is 23.1 Å². The van der Waals surface area contributed by atoms with Crippen molar-refractivity contribution in [1.82, 2.24) is 14.8 Å². The minimum atomic E-state index is -0.471. The number of aryl methyl sites for hydroxylation is 1. The smallest absolute Gasteiger partial charge is 0.251 e. The molecule has 0 aromatic carbocycles. The number of carbonyl (C=O) groups excluding carboxylic acids is 2. The van der Waals surface area contributed by atoms with Crippen LogP contribution in [0.2, 0.25) is 0 Å². The lowest BCUT2D eigenvalue weighted by atomic mass is 9.88. The van der Waals surface area contributed by atoms with Gasteiger partial charge in [-0.25, -0.2) is 0 Å². The Bertz CT molecular complexity index is 843. The molecule has 2 heterocycles. The molecular formula is C17H23N5O2S2. The van der Waals surface area contributed by atoms with Crippen molar-refractivity contribution < 1.29 is 9.59 Å². The standard InChI is InChI=1S/C17H23N5O2S2/c1-4-12-20-21-17(22(12)3)25-8-13(23)19-16-14(15(18)24)10-6-5-9(2)7-11(10)26-16/h9H,4-8H2,1-3H3,(H2,18,24)(H,19,23)/t9-/m1/s1. The van der Waals surface area contributed by atoms with Gasteiger partial charge in [0.15, 0.2) is 5.16 Å². The largest absolute Gasteiger partial charge is 0.365 e. The maximum absolute atomic E-state index is 12.4. The van der Waals surface area contributed by atoms with Crippen LogP contribution in [-0.2, 0) is 31.1 Å². The summed E-state index contributed by atoms with van der Waals surface area (Å²) in [4.78, 5) is 25.5. The zero-order valence-corrected chi connectivity index (χ0v) is 16.8. The molecule has 7 nitrogen and oxygen atoms in total. The molecule has 0 bridgehead atoms. The minimum absolute atomic E-state index is 0.176. The van der Waals surface area contributed by atoms with Gasteiger partial charge in [0.05, 0.1) is 11.3 Å². The van der Waals surface area contributed by atoms with Crippen LogP contribution in [0.25, 0.3) is 0 Å². The molecule has 2 aromatic rings. The summed E-state index contributed by atoms with van der Waals surface area (Å²) in [5.74, 6) is 1.02. The maximum Gasteiger partial charge on any atom is 0.251 e. The number of aromatic nitrogens is 3. The number of amides is 2. The Morgan fingerprint density at radius 1 is 1.42 bits per heavy atom. The highest BCUT2D eigenvalue weighted by Gasteiger charge is 2.27. The van der Waals surface area contributed by atoms with Crippen molar-refractivity contribution in [2.24, 2.45) is 18.7 Å². The van der Waals surface area contributed by atoms with Gasteiger partial charge >= 0.3 is 0 Å². The van der Waals surface area contributed by atoms with Crippen LogP contribution in [0, 0.1) is 5.92 Å². The monoisotopic (exact) mass is 393 g/mol. The number of hydrogen-bond acceptors (Lipinski definition) is 6. The van der Waals surface area contributed by atoms with E-state index in [2.05, 4.69) is 22.4 Å². The topological polar surface area (TPSA) is 103 Å². The van der Waals surface area contributed by atoms with E-state index in [-0.39, 0.29) is 11.7 Å². The Morgan fingerprint density at radius 2 is 2.19 bits per heavy atom. The van der Waals surface area contributed by atoms with Crippen LogP contribution in [0.4, 0.5) is 5.00 Å². The van der Waals surface area contributed by atoms with E-state index in [1.54, 1.807) is 0 Å². The summed E-state index contributed by atoms with van der Waals surface area (Å²) < 4.78 is 1.89. The zero-order valence-electron chi connectivity index (χ0n) is 15.2. The van der Waals surface area contributed by atoms with Gasteiger partial charge in [-0.2, -0.15) is 0 Å². The summed E-state index contributed by atoms with van der Waals surface area (Å²) in [5, 5.41) is 12.3. The van der Waals surface area contributed by atoms with Crippen molar-refractivity contribution in [3.63, 3.8) is 0 Å². The third-order valence-electron chi connectivity index (χ3n) is 4.58. The molecule has 0 saturated carbocycles. The number of hydrogen-bond donors (Lipinski definition) is 2. The van der Waals surface area contributed by atoms with Gasteiger partial charge in [-0.15, -0.1) is 21.5 Å². The number of fused-ring (bicyclic) bond motifs is 1. The summed E-state index contributed by atoms with van der Waals surface area (Å²) >= 11 is 2.81. The van der Waals surface area contributed by atoms with Crippen molar-refractivity contribution in [1.29, 1.82) is 0 Å². The first-order valence-corrected chi connectivity index (χ1v) is 10.5. The Balaban J connectivity index is 1.71. The highest BCUT2D eigenvalue weighted by Crippen LogP contribution is 2.39. The quantitative estimate of drug-likeness (QED) is 0.734. The molecule has 0 saturated heterocycles. The molecule has 3 rings (SSSR count). The Hall–Kier alpha value is -1.87. The molecule has 1 atom stereocenters. The number of carbonyl (C=O) groups is 2. The first kappa shape index (κ1) is 18.9. The van der Waals surface area contributed by atoms with Gasteiger partial charge in [0.1, 0.15) is 10.8 Å². The minimum Gasteiger partial charge on any atom is -0.365 e. The van der Waals surface area contributed by atoms with Gasteiger partial charge in [-0.1, -0.05) is 25.6 Å². The molecule has 0 aliphatic heterocycles. The molecular weight excluding hydrogens is 370 g/mol. The number of thiophene rings is 1. The second kappa shape index (κ2) is 7.79. The lowest BCUT2D eigenvalue weighted by Gasteiger charge is -2.18. The van der Waals surface area contributed by atoms with E-state index in [0.717, 1.165) is 37.1 Å². The van der Waals surface area contributed by atoms with Crippen LogP contribution in [0.3, 0.4) is 0 Å². The first-order chi connectivity index (χ1) is 12.4.